The fraction of sp³-hybridized carbons (Fsp3) is 0.462. The molecule has 1 atom stereocenters. The van der Waals surface area contributed by atoms with E-state index in [1.807, 2.05) is 0 Å². The summed E-state index contributed by atoms with van der Waals surface area (Å²) in [6.45, 7) is 3.76. The number of hydrogen-bond acceptors (Lipinski definition) is 2. The first kappa shape index (κ1) is 12.0. The fourth-order valence-electron chi connectivity index (χ4n) is 1.87. The number of benzene rings is 1. The second kappa shape index (κ2) is 5.27. The molecule has 1 N–H and O–H groups in total. The highest BCUT2D eigenvalue weighted by molar-refractivity contribution is 5.94. The molecule has 1 aliphatic rings. The van der Waals surface area contributed by atoms with Gasteiger partial charge in [0, 0.05) is 24.6 Å². The Hall–Kier alpha value is -1.42. The Morgan fingerprint density at radius 3 is 3.06 bits per heavy atom. The van der Waals surface area contributed by atoms with Crippen LogP contribution in [0.4, 0.5) is 4.39 Å². The number of nitrogens with one attached hydrogen (secondary N) is 1. The molecule has 1 aliphatic heterocycles. The quantitative estimate of drug-likeness (QED) is 0.872. The molecule has 17 heavy (non-hydrogen) atoms. The number of carbonyl (C=O) groups excluding carboxylic acids is 1. The van der Waals surface area contributed by atoms with Crippen molar-refractivity contribution in [2.45, 2.75) is 13.3 Å². The van der Waals surface area contributed by atoms with Gasteiger partial charge in [0.1, 0.15) is 5.82 Å². The van der Waals surface area contributed by atoms with Gasteiger partial charge in [-0.1, -0.05) is 0 Å². The highest BCUT2D eigenvalue weighted by Crippen LogP contribution is 2.12. The van der Waals surface area contributed by atoms with Crippen LogP contribution >= 0.6 is 0 Å². The first-order valence-electron chi connectivity index (χ1n) is 5.79. The van der Waals surface area contributed by atoms with Gasteiger partial charge in [-0.2, -0.15) is 0 Å². The number of halogens is 1. The Morgan fingerprint density at radius 1 is 1.59 bits per heavy atom. The summed E-state index contributed by atoms with van der Waals surface area (Å²) < 4.78 is 18.3. The molecule has 92 valence electrons. The second-order valence-electron chi connectivity index (χ2n) is 4.40. The molecule has 0 aliphatic carbocycles. The summed E-state index contributed by atoms with van der Waals surface area (Å²) in [5.41, 5.74) is 0.990. The SMILES string of the molecule is Cc1cc(C(=O)NCC2CCOC2)ccc1F. The average molecular weight is 237 g/mol. The molecule has 1 aromatic carbocycles. The smallest absolute Gasteiger partial charge is 0.251 e. The number of rotatable bonds is 3. The fourth-order valence-corrected chi connectivity index (χ4v) is 1.87. The van der Waals surface area contributed by atoms with Crippen LogP contribution < -0.4 is 5.32 Å². The van der Waals surface area contributed by atoms with Crippen molar-refractivity contribution in [3.8, 4) is 0 Å². The van der Waals surface area contributed by atoms with E-state index in [1.54, 1.807) is 13.0 Å². The van der Waals surface area contributed by atoms with E-state index in [9.17, 15) is 9.18 Å². The molecule has 0 aromatic heterocycles. The van der Waals surface area contributed by atoms with Gasteiger partial charge >= 0.3 is 0 Å². The van der Waals surface area contributed by atoms with Crippen molar-refractivity contribution < 1.29 is 13.9 Å². The first-order chi connectivity index (χ1) is 8.16. The topological polar surface area (TPSA) is 38.3 Å². The standard InChI is InChI=1S/C13H16FNO2/c1-9-6-11(2-3-12(9)14)13(16)15-7-10-4-5-17-8-10/h2-3,6,10H,4-5,7-8H2,1H3,(H,15,16). The van der Waals surface area contributed by atoms with E-state index in [0.29, 0.717) is 30.2 Å². The summed E-state index contributed by atoms with van der Waals surface area (Å²) in [5, 5.41) is 2.85. The monoisotopic (exact) mass is 237 g/mol. The van der Waals surface area contributed by atoms with E-state index in [1.165, 1.54) is 12.1 Å². The molecule has 1 unspecified atom stereocenters. The minimum atomic E-state index is -0.286. The molecule has 0 saturated carbocycles. The normalized spacial score (nSPS) is 19.3. The second-order valence-corrected chi connectivity index (χ2v) is 4.40. The van der Waals surface area contributed by atoms with Gasteiger partial charge in [0.25, 0.3) is 5.91 Å². The molecular formula is C13H16FNO2. The van der Waals surface area contributed by atoms with E-state index in [0.717, 1.165) is 13.0 Å². The van der Waals surface area contributed by atoms with E-state index >= 15 is 0 Å². The summed E-state index contributed by atoms with van der Waals surface area (Å²) in [5.74, 6) is -0.0359. The predicted molar refractivity (Wildman–Crippen MR) is 62.4 cm³/mol. The minimum absolute atomic E-state index is 0.153. The predicted octanol–water partition coefficient (Wildman–Crippen LogP) is 1.90. The Kier molecular flexibility index (Phi) is 3.74. The molecule has 0 bridgehead atoms. The van der Waals surface area contributed by atoms with Crippen molar-refractivity contribution in [1.82, 2.24) is 5.32 Å². The maximum atomic E-state index is 13.0. The number of ether oxygens (including phenoxy) is 1. The maximum Gasteiger partial charge on any atom is 0.251 e. The van der Waals surface area contributed by atoms with Gasteiger partial charge in [0.05, 0.1) is 6.61 Å². The van der Waals surface area contributed by atoms with Crippen LogP contribution in [0.2, 0.25) is 0 Å². The highest BCUT2D eigenvalue weighted by atomic mass is 19.1. The minimum Gasteiger partial charge on any atom is -0.381 e. The van der Waals surface area contributed by atoms with Crippen LogP contribution in [0.1, 0.15) is 22.3 Å². The lowest BCUT2D eigenvalue weighted by molar-refractivity contribution is 0.0945. The van der Waals surface area contributed by atoms with Crippen molar-refractivity contribution in [2.24, 2.45) is 5.92 Å². The zero-order valence-corrected chi connectivity index (χ0v) is 9.83. The third-order valence-corrected chi connectivity index (χ3v) is 3.00. The van der Waals surface area contributed by atoms with Crippen LogP contribution in [0.25, 0.3) is 0 Å². The van der Waals surface area contributed by atoms with Crippen LogP contribution in [-0.4, -0.2) is 25.7 Å². The van der Waals surface area contributed by atoms with Gasteiger partial charge in [-0.25, -0.2) is 4.39 Å². The number of aryl methyl sites for hydroxylation is 1. The first-order valence-corrected chi connectivity index (χ1v) is 5.79. The molecule has 4 heteroatoms. The van der Waals surface area contributed by atoms with Gasteiger partial charge < -0.3 is 10.1 Å². The van der Waals surface area contributed by atoms with Gasteiger partial charge in [-0.05, 0) is 37.1 Å². The number of amides is 1. The number of hydrogen-bond donors (Lipinski definition) is 1. The Morgan fingerprint density at radius 2 is 2.41 bits per heavy atom. The largest absolute Gasteiger partial charge is 0.381 e. The van der Waals surface area contributed by atoms with Crippen molar-refractivity contribution in [1.29, 1.82) is 0 Å². The maximum absolute atomic E-state index is 13.0. The molecule has 1 heterocycles. The Balaban J connectivity index is 1.92. The zero-order chi connectivity index (χ0) is 12.3. The van der Waals surface area contributed by atoms with E-state index in [-0.39, 0.29) is 11.7 Å². The molecule has 1 aromatic rings. The molecular weight excluding hydrogens is 221 g/mol. The third kappa shape index (κ3) is 3.03. The van der Waals surface area contributed by atoms with Gasteiger partial charge in [0.2, 0.25) is 0 Å². The van der Waals surface area contributed by atoms with Crippen LogP contribution in [0, 0.1) is 18.7 Å². The van der Waals surface area contributed by atoms with Crippen LogP contribution in [0.3, 0.4) is 0 Å². The lowest BCUT2D eigenvalue weighted by Gasteiger charge is -2.09. The molecule has 1 fully saturated rings. The Labute approximate surface area is 100.0 Å². The van der Waals surface area contributed by atoms with Crippen molar-refractivity contribution in [2.75, 3.05) is 19.8 Å². The van der Waals surface area contributed by atoms with E-state index in [4.69, 9.17) is 4.74 Å². The van der Waals surface area contributed by atoms with Crippen molar-refractivity contribution >= 4 is 5.91 Å². The Bertz CT molecular complexity index is 414. The van der Waals surface area contributed by atoms with Crippen molar-refractivity contribution in [3.63, 3.8) is 0 Å². The molecule has 1 saturated heterocycles. The van der Waals surface area contributed by atoms with Crippen molar-refractivity contribution in [3.05, 3.63) is 35.1 Å². The lowest BCUT2D eigenvalue weighted by atomic mass is 10.1. The van der Waals surface area contributed by atoms with Crippen LogP contribution in [-0.2, 0) is 4.74 Å². The van der Waals surface area contributed by atoms with Crippen LogP contribution in [0.5, 0.6) is 0 Å². The van der Waals surface area contributed by atoms with E-state index < -0.39 is 0 Å². The highest BCUT2D eigenvalue weighted by Gasteiger charge is 2.16. The summed E-state index contributed by atoms with van der Waals surface area (Å²) in [6.07, 6.45) is 0.989. The lowest BCUT2D eigenvalue weighted by Crippen LogP contribution is -2.29. The summed E-state index contributed by atoms with van der Waals surface area (Å²) in [4.78, 5) is 11.8. The van der Waals surface area contributed by atoms with Gasteiger partial charge in [0.15, 0.2) is 0 Å². The van der Waals surface area contributed by atoms with Gasteiger partial charge in [-0.3, -0.25) is 4.79 Å². The molecule has 2 rings (SSSR count). The summed E-state index contributed by atoms with van der Waals surface area (Å²) in [6, 6.07) is 4.39. The summed E-state index contributed by atoms with van der Waals surface area (Å²) >= 11 is 0. The van der Waals surface area contributed by atoms with Gasteiger partial charge in [-0.15, -0.1) is 0 Å². The van der Waals surface area contributed by atoms with E-state index in [2.05, 4.69) is 5.32 Å². The average Bonchev–Trinajstić information content (AvgIpc) is 2.82. The molecule has 1 amide bonds. The zero-order valence-electron chi connectivity index (χ0n) is 9.83. The van der Waals surface area contributed by atoms with Crippen LogP contribution in [0.15, 0.2) is 18.2 Å². The number of carbonyl (C=O) groups is 1. The summed E-state index contributed by atoms with van der Waals surface area (Å²) in [7, 11) is 0. The molecule has 0 radical (unpaired) electrons. The molecule has 3 nitrogen and oxygen atoms in total. The third-order valence-electron chi connectivity index (χ3n) is 3.00. The molecule has 0 spiro atoms.